The number of carbonyl (C=O) groups excluding carboxylic acids is 1. The Morgan fingerprint density at radius 2 is 1.96 bits per heavy atom. The highest BCUT2D eigenvalue weighted by atomic mass is 32.2. The van der Waals surface area contributed by atoms with Gasteiger partial charge in [-0.15, -0.1) is 11.8 Å². The molecule has 1 amide bonds. The van der Waals surface area contributed by atoms with E-state index in [1.165, 1.54) is 23.9 Å². The number of nitrogens with two attached hydrogens (primary N) is 1. The van der Waals surface area contributed by atoms with E-state index in [-0.39, 0.29) is 17.3 Å². The highest BCUT2D eigenvalue weighted by Gasteiger charge is 2.14. The van der Waals surface area contributed by atoms with E-state index in [4.69, 9.17) is 5.84 Å². The first-order chi connectivity index (χ1) is 11.1. The van der Waals surface area contributed by atoms with Crippen LogP contribution in [0, 0.1) is 10.1 Å². The van der Waals surface area contributed by atoms with Crippen LogP contribution < -0.4 is 11.3 Å². The highest BCUT2D eigenvalue weighted by molar-refractivity contribution is 8.00. The fourth-order valence-electron chi connectivity index (χ4n) is 2.29. The molecule has 0 atom stereocenters. The molecule has 0 fully saturated rings. The summed E-state index contributed by atoms with van der Waals surface area (Å²) in [7, 11) is 0. The Labute approximate surface area is 135 Å². The van der Waals surface area contributed by atoms with Crippen LogP contribution in [0.15, 0.2) is 47.4 Å². The Morgan fingerprint density at radius 3 is 2.70 bits per heavy atom. The van der Waals surface area contributed by atoms with Crippen molar-refractivity contribution in [1.29, 1.82) is 0 Å². The van der Waals surface area contributed by atoms with Gasteiger partial charge in [0.2, 0.25) is 5.91 Å². The zero-order valence-electron chi connectivity index (χ0n) is 11.9. The minimum absolute atomic E-state index is 0.0177. The van der Waals surface area contributed by atoms with Gasteiger partial charge in [0, 0.05) is 27.8 Å². The smallest absolute Gasteiger partial charge is 0.271 e. The summed E-state index contributed by atoms with van der Waals surface area (Å²) < 4.78 is 0. The summed E-state index contributed by atoms with van der Waals surface area (Å²) in [5.74, 6) is 4.96. The minimum Gasteiger partial charge on any atom is -0.294 e. The van der Waals surface area contributed by atoms with Crippen LogP contribution in [0.5, 0.6) is 0 Å². The number of carbonyl (C=O) groups is 1. The zero-order chi connectivity index (χ0) is 16.4. The van der Waals surface area contributed by atoms with Crippen LogP contribution in [0.4, 0.5) is 5.69 Å². The van der Waals surface area contributed by atoms with Crippen LogP contribution in [0.25, 0.3) is 21.8 Å². The third kappa shape index (κ3) is 2.94. The van der Waals surface area contributed by atoms with Gasteiger partial charge in [-0.25, -0.2) is 10.8 Å². The van der Waals surface area contributed by atoms with Gasteiger partial charge in [-0.2, -0.15) is 0 Å². The SMILES string of the molecule is NNC(=O)CSc1c2ccccc2nc2cc([N+](=O)[O-])ccc12. The monoisotopic (exact) mass is 328 g/mol. The first-order valence-corrected chi connectivity index (χ1v) is 7.68. The number of fused-ring (bicyclic) bond motifs is 2. The van der Waals surface area contributed by atoms with Gasteiger partial charge >= 0.3 is 0 Å². The second-order valence-corrected chi connectivity index (χ2v) is 5.76. The summed E-state index contributed by atoms with van der Waals surface area (Å²) in [6, 6.07) is 12.0. The first-order valence-electron chi connectivity index (χ1n) is 6.69. The third-order valence-electron chi connectivity index (χ3n) is 3.33. The van der Waals surface area contributed by atoms with Gasteiger partial charge in [0.05, 0.1) is 21.7 Å². The van der Waals surface area contributed by atoms with Crippen molar-refractivity contribution in [2.24, 2.45) is 5.84 Å². The van der Waals surface area contributed by atoms with E-state index in [9.17, 15) is 14.9 Å². The van der Waals surface area contributed by atoms with Gasteiger partial charge in [0.1, 0.15) is 0 Å². The van der Waals surface area contributed by atoms with Crippen LogP contribution in [0.2, 0.25) is 0 Å². The van der Waals surface area contributed by atoms with Crippen molar-refractivity contribution in [2.75, 3.05) is 5.75 Å². The molecule has 116 valence electrons. The molecule has 1 aromatic heterocycles. The van der Waals surface area contributed by atoms with Crippen LogP contribution in [0.1, 0.15) is 0 Å². The van der Waals surface area contributed by atoms with Crippen LogP contribution in [-0.2, 0) is 4.79 Å². The van der Waals surface area contributed by atoms with E-state index in [1.54, 1.807) is 6.07 Å². The number of amides is 1. The summed E-state index contributed by atoms with van der Waals surface area (Å²) in [5, 5.41) is 12.6. The van der Waals surface area contributed by atoms with Crippen molar-refractivity contribution >= 4 is 45.2 Å². The molecule has 8 heteroatoms. The molecular formula is C15H12N4O3S. The molecule has 1 heterocycles. The van der Waals surface area contributed by atoms with E-state index >= 15 is 0 Å². The van der Waals surface area contributed by atoms with Crippen molar-refractivity contribution in [3.8, 4) is 0 Å². The molecule has 7 nitrogen and oxygen atoms in total. The quantitative estimate of drug-likeness (QED) is 0.190. The van der Waals surface area contributed by atoms with Gasteiger partial charge in [-0.1, -0.05) is 18.2 Å². The molecule has 0 aliphatic rings. The third-order valence-corrected chi connectivity index (χ3v) is 4.47. The predicted octanol–water partition coefficient (Wildman–Crippen LogP) is 2.38. The number of benzene rings is 2. The number of nitrogens with one attached hydrogen (secondary N) is 1. The second-order valence-electron chi connectivity index (χ2n) is 4.77. The number of nitro benzene ring substituents is 1. The van der Waals surface area contributed by atoms with Gasteiger partial charge in [0.25, 0.3) is 5.69 Å². The molecule has 0 aliphatic carbocycles. The number of hydrogen-bond acceptors (Lipinski definition) is 6. The Morgan fingerprint density at radius 1 is 1.22 bits per heavy atom. The Kier molecular flexibility index (Phi) is 4.09. The van der Waals surface area contributed by atoms with Crippen molar-refractivity contribution in [1.82, 2.24) is 10.4 Å². The van der Waals surface area contributed by atoms with Gasteiger partial charge in [-0.05, 0) is 12.1 Å². The normalized spacial score (nSPS) is 10.8. The lowest BCUT2D eigenvalue weighted by Crippen LogP contribution is -2.31. The van der Waals surface area contributed by atoms with E-state index in [1.807, 2.05) is 24.3 Å². The lowest BCUT2D eigenvalue weighted by molar-refractivity contribution is -0.384. The van der Waals surface area contributed by atoms with E-state index in [0.29, 0.717) is 5.52 Å². The van der Waals surface area contributed by atoms with E-state index in [0.717, 1.165) is 21.2 Å². The van der Waals surface area contributed by atoms with E-state index < -0.39 is 4.92 Å². The molecule has 0 bridgehead atoms. The number of nitro groups is 1. The van der Waals surface area contributed by atoms with Crippen LogP contribution >= 0.6 is 11.8 Å². The summed E-state index contributed by atoms with van der Waals surface area (Å²) >= 11 is 1.32. The first kappa shape index (κ1) is 15.2. The van der Waals surface area contributed by atoms with Gasteiger partial charge in [0.15, 0.2) is 0 Å². The average Bonchev–Trinajstić information content (AvgIpc) is 2.57. The molecule has 3 N–H and O–H groups in total. The number of rotatable bonds is 4. The van der Waals surface area contributed by atoms with Gasteiger partial charge in [-0.3, -0.25) is 20.3 Å². The maximum atomic E-state index is 11.4. The maximum Gasteiger partial charge on any atom is 0.271 e. The number of pyridine rings is 1. The number of non-ortho nitro benzene ring substituents is 1. The summed E-state index contributed by atoms with van der Waals surface area (Å²) in [5.41, 5.74) is 3.31. The van der Waals surface area contributed by atoms with Crippen molar-refractivity contribution in [2.45, 2.75) is 4.90 Å². The Hall–Kier alpha value is -2.71. The lowest BCUT2D eigenvalue weighted by atomic mass is 10.1. The molecule has 0 unspecified atom stereocenters. The fraction of sp³-hybridized carbons (Fsp3) is 0.0667. The van der Waals surface area contributed by atoms with Crippen LogP contribution in [0.3, 0.4) is 0 Å². The molecule has 23 heavy (non-hydrogen) atoms. The van der Waals surface area contributed by atoms with E-state index in [2.05, 4.69) is 10.4 Å². The Bertz CT molecular complexity index is 929. The summed E-state index contributed by atoms with van der Waals surface area (Å²) in [6.07, 6.45) is 0. The molecule has 0 radical (unpaired) electrons. The number of para-hydroxylation sites is 1. The largest absolute Gasteiger partial charge is 0.294 e. The molecule has 0 saturated carbocycles. The average molecular weight is 328 g/mol. The maximum absolute atomic E-state index is 11.4. The zero-order valence-corrected chi connectivity index (χ0v) is 12.7. The van der Waals surface area contributed by atoms with Gasteiger partial charge < -0.3 is 0 Å². The highest BCUT2D eigenvalue weighted by Crippen LogP contribution is 2.35. The number of hydrazine groups is 1. The van der Waals surface area contributed by atoms with Crippen molar-refractivity contribution in [3.63, 3.8) is 0 Å². The molecule has 2 aromatic carbocycles. The number of hydrogen-bond donors (Lipinski definition) is 2. The standard InChI is InChI=1S/C15H12N4O3S/c16-18-14(20)8-23-15-10-3-1-2-4-12(10)17-13-7-9(19(21)22)5-6-11(13)15/h1-7H,8,16H2,(H,18,20). The minimum atomic E-state index is -0.453. The molecule has 0 saturated heterocycles. The molecule has 3 aromatic rings. The molecule has 0 aliphatic heterocycles. The number of thioether (sulfide) groups is 1. The molecular weight excluding hydrogens is 316 g/mol. The summed E-state index contributed by atoms with van der Waals surface area (Å²) in [6.45, 7) is 0. The number of aromatic nitrogens is 1. The lowest BCUT2D eigenvalue weighted by Gasteiger charge is -2.10. The molecule has 0 spiro atoms. The van der Waals surface area contributed by atoms with Crippen LogP contribution in [-0.4, -0.2) is 21.6 Å². The molecule has 3 rings (SSSR count). The van der Waals surface area contributed by atoms with Crippen molar-refractivity contribution < 1.29 is 9.72 Å². The fourth-order valence-corrected chi connectivity index (χ4v) is 3.31. The predicted molar refractivity (Wildman–Crippen MR) is 89.0 cm³/mol. The summed E-state index contributed by atoms with van der Waals surface area (Å²) in [4.78, 5) is 27.3. The second kappa shape index (κ2) is 6.19. The topological polar surface area (TPSA) is 111 Å². The number of nitrogens with zero attached hydrogens (tertiary/aromatic N) is 2. The van der Waals surface area contributed by atoms with Crippen molar-refractivity contribution in [3.05, 3.63) is 52.6 Å². The Balaban J connectivity index is 2.22.